The van der Waals surface area contributed by atoms with Crippen LogP contribution in [0, 0.1) is 0 Å². The van der Waals surface area contributed by atoms with Gasteiger partial charge in [0, 0.05) is 36.2 Å². The SMILES string of the molecule is FCCN1CCC=C2c3cccc4[nH]cc(c34)CC21. The van der Waals surface area contributed by atoms with E-state index in [2.05, 4.69) is 40.4 Å². The van der Waals surface area contributed by atoms with E-state index in [1.54, 1.807) is 0 Å². The van der Waals surface area contributed by atoms with Gasteiger partial charge in [-0.1, -0.05) is 18.2 Å². The van der Waals surface area contributed by atoms with Gasteiger partial charge in [0.1, 0.15) is 6.67 Å². The standard InChI is InChI=1S/C16H17FN2/c17-6-8-19-7-2-4-12-13-3-1-5-14-16(13)11(10-18-14)9-15(12)19/h1,3-5,10,15,18H,2,6-9H2. The van der Waals surface area contributed by atoms with Crippen LogP contribution in [-0.2, 0) is 6.42 Å². The summed E-state index contributed by atoms with van der Waals surface area (Å²) in [5.41, 5.74) is 5.33. The highest BCUT2D eigenvalue weighted by Crippen LogP contribution is 2.40. The third-order valence-electron chi connectivity index (χ3n) is 4.46. The van der Waals surface area contributed by atoms with Crippen LogP contribution in [0.3, 0.4) is 0 Å². The fraction of sp³-hybridized carbons (Fsp3) is 0.375. The van der Waals surface area contributed by atoms with Crippen LogP contribution in [0.1, 0.15) is 17.5 Å². The smallest absolute Gasteiger partial charge is 0.102 e. The zero-order valence-corrected chi connectivity index (χ0v) is 10.8. The molecule has 2 heterocycles. The number of hydrogen-bond donors (Lipinski definition) is 1. The number of fused-ring (bicyclic) bond motifs is 2. The molecule has 4 rings (SSSR count). The maximum Gasteiger partial charge on any atom is 0.102 e. The van der Waals surface area contributed by atoms with Gasteiger partial charge in [0.15, 0.2) is 0 Å². The van der Waals surface area contributed by atoms with E-state index in [1.165, 1.54) is 27.6 Å². The molecule has 0 saturated carbocycles. The first-order chi connectivity index (χ1) is 9.38. The average molecular weight is 256 g/mol. The Hall–Kier alpha value is -1.61. The molecule has 0 saturated heterocycles. The van der Waals surface area contributed by atoms with Crippen LogP contribution >= 0.6 is 0 Å². The summed E-state index contributed by atoms with van der Waals surface area (Å²) in [6.45, 7) is 1.28. The molecule has 0 bridgehead atoms. The summed E-state index contributed by atoms with van der Waals surface area (Å²) in [6.07, 6.45) is 6.50. The lowest BCUT2D eigenvalue weighted by Crippen LogP contribution is -2.43. The molecule has 1 aliphatic heterocycles. The Bertz CT molecular complexity index is 656. The van der Waals surface area contributed by atoms with Crippen LogP contribution in [0.5, 0.6) is 0 Å². The van der Waals surface area contributed by atoms with Crippen LogP contribution in [0.2, 0.25) is 0 Å². The Kier molecular flexibility index (Phi) is 2.49. The summed E-state index contributed by atoms with van der Waals surface area (Å²) in [5, 5.41) is 1.37. The topological polar surface area (TPSA) is 19.0 Å². The molecule has 0 radical (unpaired) electrons. The molecule has 1 aliphatic carbocycles. The Morgan fingerprint density at radius 2 is 2.32 bits per heavy atom. The number of benzene rings is 1. The summed E-state index contributed by atoms with van der Waals surface area (Å²) in [6, 6.07) is 6.80. The van der Waals surface area contributed by atoms with E-state index in [0.29, 0.717) is 12.6 Å². The van der Waals surface area contributed by atoms with Gasteiger partial charge in [-0.25, -0.2) is 4.39 Å². The van der Waals surface area contributed by atoms with E-state index in [9.17, 15) is 4.39 Å². The average Bonchev–Trinajstić information content (AvgIpc) is 2.85. The van der Waals surface area contributed by atoms with Gasteiger partial charge in [-0.3, -0.25) is 4.90 Å². The van der Waals surface area contributed by atoms with Crippen molar-refractivity contribution in [2.45, 2.75) is 18.9 Å². The molecule has 2 aromatic rings. The van der Waals surface area contributed by atoms with Crippen molar-refractivity contribution in [1.29, 1.82) is 0 Å². The lowest BCUT2D eigenvalue weighted by atomic mass is 9.82. The molecule has 1 aromatic heterocycles. The molecule has 0 spiro atoms. The molecule has 3 heteroatoms. The normalized spacial score (nSPS) is 22.4. The van der Waals surface area contributed by atoms with Gasteiger partial charge in [0.25, 0.3) is 0 Å². The molecular formula is C16H17FN2. The summed E-state index contributed by atoms with van der Waals surface area (Å²) < 4.78 is 12.7. The predicted molar refractivity (Wildman–Crippen MR) is 75.9 cm³/mol. The second-order valence-electron chi connectivity index (χ2n) is 5.44. The first-order valence-corrected chi connectivity index (χ1v) is 6.98. The van der Waals surface area contributed by atoms with E-state index < -0.39 is 0 Å². The number of hydrogen-bond acceptors (Lipinski definition) is 1. The van der Waals surface area contributed by atoms with Gasteiger partial charge in [0.05, 0.1) is 0 Å². The molecule has 1 atom stereocenters. The van der Waals surface area contributed by atoms with Crippen molar-refractivity contribution >= 4 is 16.5 Å². The van der Waals surface area contributed by atoms with E-state index in [4.69, 9.17) is 0 Å². The summed E-state index contributed by atoms with van der Waals surface area (Å²) in [7, 11) is 0. The van der Waals surface area contributed by atoms with E-state index in [0.717, 1.165) is 19.4 Å². The van der Waals surface area contributed by atoms with Gasteiger partial charge in [-0.05, 0) is 35.6 Å². The molecule has 1 aromatic carbocycles. The Balaban J connectivity index is 1.88. The van der Waals surface area contributed by atoms with Crippen molar-refractivity contribution in [3.63, 3.8) is 0 Å². The van der Waals surface area contributed by atoms with Gasteiger partial charge >= 0.3 is 0 Å². The van der Waals surface area contributed by atoms with Crippen molar-refractivity contribution in [3.05, 3.63) is 41.6 Å². The van der Waals surface area contributed by atoms with Crippen LogP contribution in [0.25, 0.3) is 16.5 Å². The molecule has 2 aliphatic rings. The number of H-pyrrole nitrogens is 1. The number of nitrogens with one attached hydrogen (secondary N) is 1. The van der Waals surface area contributed by atoms with E-state index in [1.807, 2.05) is 0 Å². The molecular weight excluding hydrogens is 239 g/mol. The van der Waals surface area contributed by atoms with Crippen molar-refractivity contribution in [1.82, 2.24) is 9.88 Å². The van der Waals surface area contributed by atoms with Gasteiger partial charge in [0.2, 0.25) is 0 Å². The van der Waals surface area contributed by atoms with Crippen molar-refractivity contribution in [2.24, 2.45) is 0 Å². The zero-order chi connectivity index (χ0) is 12.8. The number of aromatic nitrogens is 1. The number of nitrogens with zero attached hydrogens (tertiary/aromatic N) is 1. The lowest BCUT2D eigenvalue weighted by Gasteiger charge is -2.38. The first kappa shape index (κ1) is 11.2. The molecule has 0 fully saturated rings. The molecule has 0 amide bonds. The Labute approximate surface area is 111 Å². The zero-order valence-electron chi connectivity index (χ0n) is 10.8. The lowest BCUT2D eigenvalue weighted by molar-refractivity contribution is 0.209. The number of rotatable bonds is 2. The van der Waals surface area contributed by atoms with Gasteiger partial charge in [-0.15, -0.1) is 0 Å². The minimum atomic E-state index is -0.256. The summed E-state index contributed by atoms with van der Waals surface area (Å²) >= 11 is 0. The minimum absolute atomic E-state index is 0.256. The van der Waals surface area contributed by atoms with E-state index in [-0.39, 0.29) is 6.67 Å². The number of halogens is 1. The maximum absolute atomic E-state index is 12.7. The maximum atomic E-state index is 12.7. The molecule has 1 N–H and O–H groups in total. The largest absolute Gasteiger partial charge is 0.361 e. The van der Waals surface area contributed by atoms with Gasteiger partial charge < -0.3 is 4.98 Å². The fourth-order valence-electron chi connectivity index (χ4n) is 3.64. The van der Waals surface area contributed by atoms with Crippen LogP contribution < -0.4 is 0 Å². The fourth-order valence-corrected chi connectivity index (χ4v) is 3.64. The number of aromatic amines is 1. The third-order valence-corrected chi connectivity index (χ3v) is 4.46. The van der Waals surface area contributed by atoms with E-state index >= 15 is 0 Å². The molecule has 2 nitrogen and oxygen atoms in total. The quantitative estimate of drug-likeness (QED) is 0.874. The molecule has 1 unspecified atom stereocenters. The first-order valence-electron chi connectivity index (χ1n) is 6.98. The van der Waals surface area contributed by atoms with Crippen molar-refractivity contribution < 1.29 is 4.39 Å². The van der Waals surface area contributed by atoms with Crippen LogP contribution in [0.15, 0.2) is 30.5 Å². The van der Waals surface area contributed by atoms with Crippen LogP contribution in [0.4, 0.5) is 4.39 Å². The predicted octanol–water partition coefficient (Wildman–Crippen LogP) is 3.15. The minimum Gasteiger partial charge on any atom is -0.361 e. The molecule has 19 heavy (non-hydrogen) atoms. The third kappa shape index (κ3) is 1.58. The number of alkyl halides is 1. The highest BCUT2D eigenvalue weighted by atomic mass is 19.1. The monoisotopic (exact) mass is 256 g/mol. The second-order valence-corrected chi connectivity index (χ2v) is 5.44. The Morgan fingerprint density at radius 1 is 1.37 bits per heavy atom. The highest BCUT2D eigenvalue weighted by Gasteiger charge is 2.32. The van der Waals surface area contributed by atoms with Crippen molar-refractivity contribution in [2.75, 3.05) is 19.8 Å². The van der Waals surface area contributed by atoms with Crippen molar-refractivity contribution in [3.8, 4) is 0 Å². The van der Waals surface area contributed by atoms with Gasteiger partial charge in [-0.2, -0.15) is 0 Å². The summed E-state index contributed by atoms with van der Waals surface area (Å²) in [4.78, 5) is 5.65. The second kappa shape index (κ2) is 4.20. The van der Waals surface area contributed by atoms with Crippen LogP contribution in [-0.4, -0.2) is 35.7 Å². The Morgan fingerprint density at radius 3 is 3.21 bits per heavy atom. The highest BCUT2D eigenvalue weighted by molar-refractivity contribution is 5.98. The molecule has 98 valence electrons. The summed E-state index contributed by atoms with van der Waals surface area (Å²) in [5.74, 6) is 0.